The number of benzene rings is 2. The lowest BCUT2D eigenvalue weighted by atomic mass is 10.2. The number of carboxylic acids is 2. The quantitative estimate of drug-likeness (QED) is 0.186. The Morgan fingerprint density at radius 1 is 0.915 bits per heavy atom. The number of anilines is 1. The van der Waals surface area contributed by atoms with Crippen molar-refractivity contribution in [3.63, 3.8) is 0 Å². The van der Waals surface area contributed by atoms with Crippen LogP contribution in [0.4, 0.5) is 32.0 Å². The van der Waals surface area contributed by atoms with Gasteiger partial charge in [-0.2, -0.15) is 26.3 Å². The third-order valence-electron chi connectivity index (χ3n) is 6.32. The van der Waals surface area contributed by atoms with Gasteiger partial charge in [-0.05, 0) is 58.4 Å². The van der Waals surface area contributed by atoms with Gasteiger partial charge in [0.2, 0.25) is 0 Å². The molecule has 18 heteroatoms. The number of aliphatic carboxylic acids is 2. The van der Waals surface area contributed by atoms with Gasteiger partial charge < -0.3 is 29.9 Å². The highest BCUT2D eigenvalue weighted by Crippen LogP contribution is 2.24. The maximum atomic E-state index is 10.6. The number of aromatic amines is 1. The Hall–Kier alpha value is -4.42. The van der Waals surface area contributed by atoms with Crippen LogP contribution in [0.2, 0.25) is 0 Å². The van der Waals surface area contributed by atoms with Gasteiger partial charge in [-0.3, -0.25) is 4.90 Å². The van der Waals surface area contributed by atoms with Gasteiger partial charge in [-0.25, -0.2) is 19.6 Å². The molecule has 2 aromatic carbocycles. The molecule has 47 heavy (non-hydrogen) atoms. The van der Waals surface area contributed by atoms with E-state index in [0.29, 0.717) is 12.2 Å². The number of hydrogen-bond donors (Lipinski definition) is 4. The highest BCUT2D eigenvalue weighted by atomic mass is 79.9. The maximum absolute atomic E-state index is 10.6. The second-order valence-corrected chi connectivity index (χ2v) is 10.7. The largest absolute Gasteiger partial charge is 0.491 e. The van der Waals surface area contributed by atoms with Crippen molar-refractivity contribution in [3.05, 3.63) is 71.3 Å². The number of aliphatic hydroxyl groups excluding tert-OH is 1. The number of β-amino-alcohol motifs (C(OH)–C–C–N with tert-alkyl or cyclic N) is 1. The highest BCUT2D eigenvalue weighted by Gasteiger charge is 2.38. The first-order chi connectivity index (χ1) is 22.0. The molecule has 1 fully saturated rings. The van der Waals surface area contributed by atoms with Gasteiger partial charge in [-0.15, -0.1) is 0 Å². The fraction of sp³-hybridized carbons (Fsp3) is 0.310. The van der Waals surface area contributed by atoms with Crippen LogP contribution in [-0.2, 0) is 9.59 Å². The third-order valence-corrected chi connectivity index (χ3v) is 6.76. The number of ether oxygens (including phenoxy) is 1. The summed E-state index contributed by atoms with van der Waals surface area (Å²) < 4.78 is 70.2. The number of aromatic nitrogens is 3. The monoisotopic (exact) mass is 735 g/mol. The molecule has 1 saturated heterocycles. The SMILES string of the molecule is O=C(O)C(F)(F)F.O=C(O)C(F)(F)F.OC(COc1ccc(-c2nc3ncc(Br)cc3[nH]2)cc1)CN1CCN(c2ccccc2)CC1. The lowest BCUT2D eigenvalue weighted by molar-refractivity contribution is -0.193. The van der Waals surface area contributed by atoms with Gasteiger partial charge in [-0.1, -0.05) is 18.2 Å². The van der Waals surface area contributed by atoms with E-state index in [1.807, 2.05) is 36.4 Å². The number of nitrogens with zero attached hydrogens (tertiary/aromatic N) is 4. The molecular formula is C29H28BrF6N5O6. The molecule has 0 saturated carbocycles. The van der Waals surface area contributed by atoms with E-state index in [0.717, 1.165) is 53.3 Å². The van der Waals surface area contributed by atoms with E-state index < -0.39 is 30.4 Å². The highest BCUT2D eigenvalue weighted by molar-refractivity contribution is 9.10. The summed E-state index contributed by atoms with van der Waals surface area (Å²) in [4.78, 5) is 34.6. The second-order valence-electron chi connectivity index (χ2n) is 9.83. The molecule has 0 amide bonds. The van der Waals surface area contributed by atoms with Crippen molar-refractivity contribution in [1.82, 2.24) is 19.9 Å². The number of hydrogen-bond acceptors (Lipinski definition) is 8. The molecule has 0 radical (unpaired) electrons. The van der Waals surface area contributed by atoms with Gasteiger partial charge in [0, 0.05) is 54.6 Å². The zero-order chi connectivity index (χ0) is 34.8. The predicted molar refractivity (Wildman–Crippen MR) is 161 cm³/mol. The number of carbonyl (C=O) groups is 2. The molecule has 2 aromatic heterocycles. The number of rotatable bonds is 7. The molecule has 4 aromatic rings. The van der Waals surface area contributed by atoms with Crippen molar-refractivity contribution in [2.75, 3.05) is 44.2 Å². The lowest BCUT2D eigenvalue weighted by Gasteiger charge is -2.36. The van der Waals surface area contributed by atoms with Crippen molar-refractivity contribution in [2.24, 2.45) is 0 Å². The molecule has 0 spiro atoms. The number of nitrogens with one attached hydrogen (secondary N) is 1. The summed E-state index contributed by atoms with van der Waals surface area (Å²) in [5.41, 5.74) is 3.78. The summed E-state index contributed by atoms with van der Waals surface area (Å²) in [7, 11) is 0. The molecule has 4 N–H and O–H groups in total. The smallest absolute Gasteiger partial charge is 0.490 e. The summed E-state index contributed by atoms with van der Waals surface area (Å²) >= 11 is 3.43. The van der Waals surface area contributed by atoms with Crippen LogP contribution in [0.5, 0.6) is 5.75 Å². The van der Waals surface area contributed by atoms with Crippen LogP contribution in [0.1, 0.15) is 0 Å². The Kier molecular flexibility index (Phi) is 12.9. The molecule has 1 aliphatic heterocycles. The molecule has 254 valence electrons. The van der Waals surface area contributed by atoms with E-state index in [4.69, 9.17) is 24.5 Å². The van der Waals surface area contributed by atoms with Crippen molar-refractivity contribution in [2.45, 2.75) is 18.5 Å². The normalized spacial score (nSPS) is 14.3. The Labute approximate surface area is 271 Å². The van der Waals surface area contributed by atoms with Gasteiger partial charge in [0.15, 0.2) is 5.65 Å². The molecule has 1 aliphatic rings. The van der Waals surface area contributed by atoms with Crippen LogP contribution in [0, 0.1) is 0 Å². The first-order valence-corrected chi connectivity index (χ1v) is 14.4. The number of halogens is 7. The number of para-hydroxylation sites is 1. The number of imidazole rings is 1. The summed E-state index contributed by atoms with van der Waals surface area (Å²) in [5, 5.41) is 24.7. The zero-order valence-electron chi connectivity index (χ0n) is 24.2. The Balaban J connectivity index is 0.000000360. The Bertz CT molecular complexity index is 1570. The second kappa shape index (κ2) is 16.4. The van der Waals surface area contributed by atoms with Gasteiger partial charge >= 0.3 is 24.3 Å². The molecule has 1 atom stereocenters. The number of H-pyrrole nitrogens is 1. The predicted octanol–water partition coefficient (Wildman–Crippen LogP) is 5.22. The average Bonchev–Trinajstić information content (AvgIpc) is 3.44. The number of piperazine rings is 1. The first-order valence-electron chi connectivity index (χ1n) is 13.6. The lowest BCUT2D eigenvalue weighted by Crippen LogP contribution is -2.49. The summed E-state index contributed by atoms with van der Waals surface area (Å²) in [5.74, 6) is -4.03. The number of alkyl halides is 6. The van der Waals surface area contributed by atoms with Crippen LogP contribution >= 0.6 is 15.9 Å². The van der Waals surface area contributed by atoms with E-state index in [2.05, 4.69) is 64.9 Å². The standard InChI is InChI=1S/C25H26BrN5O2.2C2HF3O2/c26-19-14-23-25(27-15-19)29-24(28-23)18-6-8-22(9-7-18)33-17-21(32)16-30-10-12-31(13-11-30)20-4-2-1-3-5-20;2*3-2(4,5)1(6)7/h1-9,14-15,21,32H,10-13,16-17H2,(H,27,28,29);2*(H,6,7). The Morgan fingerprint density at radius 2 is 1.47 bits per heavy atom. The molecule has 11 nitrogen and oxygen atoms in total. The van der Waals surface area contributed by atoms with Crippen molar-refractivity contribution >= 4 is 44.7 Å². The zero-order valence-corrected chi connectivity index (χ0v) is 25.8. The van der Waals surface area contributed by atoms with Crippen LogP contribution in [0.15, 0.2) is 71.3 Å². The molecule has 3 heterocycles. The van der Waals surface area contributed by atoms with Crippen LogP contribution < -0.4 is 9.64 Å². The fourth-order valence-corrected chi connectivity index (χ4v) is 4.42. The van der Waals surface area contributed by atoms with E-state index in [-0.39, 0.29) is 6.61 Å². The van der Waals surface area contributed by atoms with Gasteiger partial charge in [0.1, 0.15) is 24.3 Å². The number of aliphatic hydroxyl groups is 1. The summed E-state index contributed by atoms with van der Waals surface area (Å²) in [6.07, 6.45) is -8.97. The average molecular weight is 736 g/mol. The number of pyridine rings is 1. The van der Waals surface area contributed by atoms with Gasteiger partial charge in [0.25, 0.3) is 0 Å². The van der Waals surface area contributed by atoms with E-state index >= 15 is 0 Å². The van der Waals surface area contributed by atoms with Gasteiger partial charge in [0.05, 0.1) is 5.52 Å². The third kappa shape index (κ3) is 12.0. The number of carboxylic acid groups (broad SMARTS) is 2. The van der Waals surface area contributed by atoms with E-state index in [9.17, 15) is 31.4 Å². The fourth-order valence-electron chi connectivity index (χ4n) is 4.09. The van der Waals surface area contributed by atoms with Crippen LogP contribution in [0.25, 0.3) is 22.6 Å². The maximum Gasteiger partial charge on any atom is 0.490 e. The van der Waals surface area contributed by atoms with Crippen LogP contribution in [0.3, 0.4) is 0 Å². The van der Waals surface area contributed by atoms with Crippen LogP contribution in [-0.4, -0.2) is 105 Å². The van der Waals surface area contributed by atoms with E-state index in [1.54, 1.807) is 6.20 Å². The summed E-state index contributed by atoms with van der Waals surface area (Å²) in [6, 6.07) is 20.1. The molecule has 1 unspecified atom stereocenters. The minimum atomic E-state index is -5.08. The Morgan fingerprint density at radius 3 is 2.00 bits per heavy atom. The molecule has 0 bridgehead atoms. The number of fused-ring (bicyclic) bond motifs is 1. The first kappa shape index (κ1) is 37.0. The minimum absolute atomic E-state index is 0.265. The minimum Gasteiger partial charge on any atom is -0.491 e. The van der Waals surface area contributed by atoms with Crippen molar-refractivity contribution in [1.29, 1.82) is 0 Å². The molecule has 5 rings (SSSR count). The summed E-state index contributed by atoms with van der Waals surface area (Å²) in [6.45, 7) is 4.68. The van der Waals surface area contributed by atoms with Crippen molar-refractivity contribution < 1.29 is 56.0 Å². The molecule has 0 aliphatic carbocycles. The molecular weight excluding hydrogens is 708 g/mol. The topological polar surface area (TPSA) is 152 Å². The van der Waals surface area contributed by atoms with E-state index in [1.165, 1.54) is 5.69 Å². The van der Waals surface area contributed by atoms with Crippen molar-refractivity contribution in [3.8, 4) is 17.1 Å².